The van der Waals surface area contributed by atoms with E-state index in [1.807, 2.05) is 6.07 Å². The van der Waals surface area contributed by atoms with Crippen molar-refractivity contribution in [2.24, 2.45) is 5.92 Å². The molecule has 17 heavy (non-hydrogen) atoms. The third-order valence-corrected chi connectivity index (χ3v) is 3.37. The Morgan fingerprint density at radius 2 is 2.24 bits per heavy atom. The number of hydrogen-bond donors (Lipinski definition) is 1. The van der Waals surface area contributed by atoms with Crippen molar-refractivity contribution in [2.45, 2.75) is 44.7 Å². The molecule has 0 aromatic carbocycles. The minimum Gasteiger partial charge on any atom is -0.307 e. The molecule has 1 fully saturated rings. The SMILES string of the molecule is N#CC1CCCCCC1NCc1ccncn1. The van der Waals surface area contributed by atoms with Gasteiger partial charge in [0.1, 0.15) is 6.33 Å². The molecular formula is C13H18N4. The number of hydrogen-bond acceptors (Lipinski definition) is 4. The van der Waals surface area contributed by atoms with Crippen LogP contribution >= 0.6 is 0 Å². The minimum absolute atomic E-state index is 0.152. The topological polar surface area (TPSA) is 61.6 Å². The van der Waals surface area contributed by atoms with Crippen LogP contribution in [-0.2, 0) is 6.54 Å². The molecule has 0 saturated heterocycles. The van der Waals surface area contributed by atoms with Crippen LogP contribution in [0.2, 0.25) is 0 Å². The highest BCUT2D eigenvalue weighted by atomic mass is 14.9. The molecule has 2 atom stereocenters. The van der Waals surface area contributed by atoms with Crippen molar-refractivity contribution in [3.63, 3.8) is 0 Å². The fourth-order valence-electron chi connectivity index (χ4n) is 2.36. The van der Waals surface area contributed by atoms with E-state index in [4.69, 9.17) is 5.26 Å². The second kappa shape index (κ2) is 6.31. The molecule has 0 bridgehead atoms. The van der Waals surface area contributed by atoms with Gasteiger partial charge in [0.15, 0.2) is 0 Å². The van der Waals surface area contributed by atoms with Gasteiger partial charge >= 0.3 is 0 Å². The van der Waals surface area contributed by atoms with Gasteiger partial charge < -0.3 is 5.32 Å². The maximum atomic E-state index is 9.17. The third-order valence-electron chi connectivity index (χ3n) is 3.37. The molecule has 1 saturated carbocycles. The molecule has 0 amide bonds. The Balaban J connectivity index is 1.90. The van der Waals surface area contributed by atoms with Crippen molar-refractivity contribution in [3.8, 4) is 6.07 Å². The van der Waals surface area contributed by atoms with Crippen LogP contribution in [-0.4, -0.2) is 16.0 Å². The maximum Gasteiger partial charge on any atom is 0.115 e. The average Bonchev–Trinajstić information content (AvgIpc) is 2.62. The van der Waals surface area contributed by atoms with Gasteiger partial charge in [0.25, 0.3) is 0 Å². The Bertz CT molecular complexity index is 371. The summed E-state index contributed by atoms with van der Waals surface area (Å²) in [6, 6.07) is 4.66. The van der Waals surface area contributed by atoms with Crippen LogP contribution in [0.5, 0.6) is 0 Å². The molecule has 1 aliphatic carbocycles. The second-order valence-electron chi connectivity index (χ2n) is 4.56. The van der Waals surface area contributed by atoms with E-state index in [-0.39, 0.29) is 5.92 Å². The fraction of sp³-hybridized carbons (Fsp3) is 0.615. The van der Waals surface area contributed by atoms with Crippen LogP contribution in [0, 0.1) is 17.2 Å². The maximum absolute atomic E-state index is 9.17. The van der Waals surface area contributed by atoms with Crippen LogP contribution in [0.15, 0.2) is 18.6 Å². The summed E-state index contributed by atoms with van der Waals surface area (Å²) in [5.74, 6) is 0.152. The van der Waals surface area contributed by atoms with Crippen molar-refractivity contribution in [1.29, 1.82) is 5.26 Å². The molecule has 2 rings (SSSR count). The molecule has 1 N–H and O–H groups in total. The van der Waals surface area contributed by atoms with E-state index in [9.17, 15) is 0 Å². The van der Waals surface area contributed by atoms with Gasteiger partial charge in [-0.1, -0.05) is 19.3 Å². The van der Waals surface area contributed by atoms with E-state index in [0.29, 0.717) is 6.04 Å². The monoisotopic (exact) mass is 230 g/mol. The summed E-state index contributed by atoms with van der Waals surface area (Å²) in [5.41, 5.74) is 0.987. The Labute approximate surface area is 102 Å². The molecule has 0 spiro atoms. The number of nitriles is 1. The molecule has 2 unspecified atom stereocenters. The highest BCUT2D eigenvalue weighted by Crippen LogP contribution is 2.23. The summed E-state index contributed by atoms with van der Waals surface area (Å²) in [6.07, 6.45) is 9.10. The summed E-state index contributed by atoms with van der Waals surface area (Å²) in [4.78, 5) is 8.08. The first kappa shape index (κ1) is 12.0. The van der Waals surface area contributed by atoms with Crippen LogP contribution in [0.3, 0.4) is 0 Å². The summed E-state index contributed by atoms with van der Waals surface area (Å²) in [7, 11) is 0. The van der Waals surface area contributed by atoms with Gasteiger partial charge in [-0.2, -0.15) is 5.26 Å². The molecule has 4 nitrogen and oxygen atoms in total. The average molecular weight is 230 g/mol. The smallest absolute Gasteiger partial charge is 0.115 e. The predicted molar refractivity (Wildman–Crippen MR) is 64.8 cm³/mol. The van der Waals surface area contributed by atoms with Crippen molar-refractivity contribution in [3.05, 3.63) is 24.3 Å². The standard InChI is InChI=1S/C13H18N4/c14-8-11-4-2-1-3-5-13(11)16-9-12-6-7-15-10-17-12/h6-7,10-11,13,16H,1-5,9H2. The molecule has 1 heterocycles. The molecule has 1 aromatic rings. The minimum atomic E-state index is 0.152. The first-order chi connectivity index (χ1) is 8.40. The molecule has 90 valence electrons. The first-order valence-corrected chi connectivity index (χ1v) is 6.28. The van der Waals surface area contributed by atoms with Gasteiger partial charge in [-0.3, -0.25) is 0 Å². The van der Waals surface area contributed by atoms with E-state index in [1.54, 1.807) is 12.5 Å². The van der Waals surface area contributed by atoms with E-state index in [2.05, 4.69) is 21.4 Å². The van der Waals surface area contributed by atoms with Crippen molar-refractivity contribution in [1.82, 2.24) is 15.3 Å². The Morgan fingerprint density at radius 1 is 1.35 bits per heavy atom. The van der Waals surface area contributed by atoms with Gasteiger partial charge in [0.2, 0.25) is 0 Å². The van der Waals surface area contributed by atoms with Gasteiger partial charge in [-0.15, -0.1) is 0 Å². The zero-order chi connectivity index (χ0) is 11.9. The Hall–Kier alpha value is -1.47. The fourth-order valence-corrected chi connectivity index (χ4v) is 2.36. The van der Waals surface area contributed by atoms with Crippen molar-refractivity contribution >= 4 is 0 Å². The van der Waals surface area contributed by atoms with Gasteiger partial charge in [-0.25, -0.2) is 9.97 Å². The predicted octanol–water partition coefficient (Wildman–Crippen LogP) is 2.04. The summed E-state index contributed by atoms with van der Waals surface area (Å²) >= 11 is 0. The van der Waals surface area contributed by atoms with Crippen molar-refractivity contribution < 1.29 is 0 Å². The van der Waals surface area contributed by atoms with E-state index >= 15 is 0 Å². The third kappa shape index (κ3) is 3.50. The normalized spacial score (nSPS) is 24.9. The van der Waals surface area contributed by atoms with Crippen LogP contribution < -0.4 is 5.32 Å². The summed E-state index contributed by atoms with van der Waals surface area (Å²) < 4.78 is 0. The Morgan fingerprint density at radius 3 is 3.00 bits per heavy atom. The lowest BCUT2D eigenvalue weighted by Crippen LogP contribution is -2.34. The zero-order valence-corrected chi connectivity index (χ0v) is 9.97. The summed E-state index contributed by atoms with van der Waals surface area (Å²) in [5, 5.41) is 12.6. The molecular weight excluding hydrogens is 212 g/mol. The van der Waals surface area contributed by atoms with E-state index in [1.165, 1.54) is 19.3 Å². The van der Waals surface area contributed by atoms with E-state index in [0.717, 1.165) is 25.1 Å². The van der Waals surface area contributed by atoms with Crippen LogP contribution in [0.25, 0.3) is 0 Å². The number of aromatic nitrogens is 2. The number of rotatable bonds is 3. The lowest BCUT2D eigenvalue weighted by atomic mass is 9.96. The molecule has 4 heteroatoms. The van der Waals surface area contributed by atoms with Gasteiger partial charge in [-0.05, 0) is 18.9 Å². The summed E-state index contributed by atoms with van der Waals surface area (Å²) in [6.45, 7) is 0.728. The molecule has 1 aliphatic rings. The van der Waals surface area contributed by atoms with Crippen LogP contribution in [0.1, 0.15) is 37.8 Å². The highest BCUT2D eigenvalue weighted by molar-refractivity contribution is 4.99. The molecule has 0 aliphatic heterocycles. The van der Waals surface area contributed by atoms with E-state index < -0.39 is 0 Å². The van der Waals surface area contributed by atoms with Crippen LogP contribution in [0.4, 0.5) is 0 Å². The first-order valence-electron chi connectivity index (χ1n) is 6.28. The molecule has 0 radical (unpaired) electrons. The highest BCUT2D eigenvalue weighted by Gasteiger charge is 2.22. The lowest BCUT2D eigenvalue weighted by Gasteiger charge is -2.20. The molecule has 1 aromatic heterocycles. The van der Waals surface area contributed by atoms with Crippen molar-refractivity contribution in [2.75, 3.05) is 0 Å². The largest absolute Gasteiger partial charge is 0.307 e. The Kier molecular flexibility index (Phi) is 4.45. The lowest BCUT2D eigenvalue weighted by molar-refractivity contribution is 0.391. The zero-order valence-electron chi connectivity index (χ0n) is 9.97. The second-order valence-corrected chi connectivity index (χ2v) is 4.56. The quantitative estimate of drug-likeness (QED) is 0.807. The van der Waals surface area contributed by atoms with Gasteiger partial charge in [0.05, 0.1) is 17.7 Å². The number of nitrogens with zero attached hydrogens (tertiary/aromatic N) is 3. The van der Waals surface area contributed by atoms with Gasteiger partial charge in [0, 0.05) is 18.8 Å². The number of nitrogens with one attached hydrogen (secondary N) is 1.